The van der Waals surface area contributed by atoms with Crippen molar-refractivity contribution in [3.05, 3.63) is 65.7 Å². The van der Waals surface area contributed by atoms with Crippen molar-refractivity contribution in [3.63, 3.8) is 0 Å². The summed E-state index contributed by atoms with van der Waals surface area (Å²) >= 11 is 0. The number of hydrogen-bond acceptors (Lipinski definition) is 4. The van der Waals surface area contributed by atoms with Gasteiger partial charge in [0.15, 0.2) is 5.72 Å². The van der Waals surface area contributed by atoms with Crippen LogP contribution in [0.4, 0.5) is 0 Å². The quantitative estimate of drug-likeness (QED) is 0.940. The molecule has 0 spiro atoms. The van der Waals surface area contributed by atoms with E-state index in [9.17, 15) is 9.90 Å². The predicted octanol–water partition coefficient (Wildman–Crippen LogP) is 3.15. The van der Waals surface area contributed by atoms with Gasteiger partial charge in [-0.05, 0) is 18.6 Å². The lowest BCUT2D eigenvalue weighted by atomic mass is 9.96. The summed E-state index contributed by atoms with van der Waals surface area (Å²) in [4.78, 5) is 13.1. The molecule has 0 aromatic heterocycles. The lowest BCUT2D eigenvalue weighted by molar-refractivity contribution is -0.0766. The van der Waals surface area contributed by atoms with Gasteiger partial charge in [-0.3, -0.25) is 4.79 Å². The van der Waals surface area contributed by atoms with E-state index in [0.717, 1.165) is 5.71 Å². The molecule has 0 fully saturated rings. The van der Waals surface area contributed by atoms with Gasteiger partial charge in [-0.25, -0.2) is 0 Å². The molecular formula is C19H20N2O3. The van der Waals surface area contributed by atoms with Crippen LogP contribution in [-0.4, -0.2) is 28.8 Å². The Morgan fingerprint density at radius 1 is 1.21 bits per heavy atom. The second-order valence-electron chi connectivity index (χ2n) is 5.70. The molecule has 0 radical (unpaired) electrons. The largest absolute Gasteiger partial charge is 0.496 e. The number of methoxy groups -OCH3 is 1. The lowest BCUT2D eigenvalue weighted by Crippen LogP contribution is -2.43. The van der Waals surface area contributed by atoms with Gasteiger partial charge < -0.3 is 9.84 Å². The van der Waals surface area contributed by atoms with Crippen molar-refractivity contribution in [2.24, 2.45) is 5.10 Å². The van der Waals surface area contributed by atoms with Crippen LogP contribution < -0.4 is 4.74 Å². The predicted molar refractivity (Wildman–Crippen MR) is 91.8 cm³/mol. The number of ether oxygens (including phenoxy) is 1. The number of para-hydroxylation sites is 1. The second-order valence-corrected chi connectivity index (χ2v) is 5.70. The Bertz CT molecular complexity index is 773. The van der Waals surface area contributed by atoms with Crippen LogP contribution in [0.2, 0.25) is 0 Å². The standard InChI is InChI=1S/C19H20N2O3/c1-3-15-13-19(23,14-9-5-4-6-10-14)21(20-15)18(22)16-11-7-8-12-17(16)24-2/h4-12,23H,3,13H2,1-2H3. The third kappa shape index (κ3) is 2.67. The molecule has 0 saturated carbocycles. The monoisotopic (exact) mass is 324 g/mol. The average molecular weight is 324 g/mol. The number of rotatable bonds is 4. The molecule has 1 N–H and O–H groups in total. The summed E-state index contributed by atoms with van der Waals surface area (Å²) in [6.07, 6.45) is 0.971. The molecule has 1 aliphatic heterocycles. The van der Waals surface area contributed by atoms with Gasteiger partial charge in [-0.2, -0.15) is 10.1 Å². The maximum Gasteiger partial charge on any atom is 0.280 e. The molecule has 5 nitrogen and oxygen atoms in total. The number of aliphatic hydroxyl groups is 1. The van der Waals surface area contributed by atoms with Crippen molar-refractivity contribution < 1.29 is 14.6 Å². The van der Waals surface area contributed by atoms with Crippen molar-refractivity contribution in [1.82, 2.24) is 5.01 Å². The highest BCUT2D eigenvalue weighted by Crippen LogP contribution is 2.37. The number of benzene rings is 2. The van der Waals surface area contributed by atoms with Crippen LogP contribution in [-0.2, 0) is 5.72 Å². The smallest absolute Gasteiger partial charge is 0.280 e. The first-order valence-electron chi connectivity index (χ1n) is 7.92. The van der Waals surface area contributed by atoms with Gasteiger partial charge in [-0.15, -0.1) is 0 Å². The summed E-state index contributed by atoms with van der Waals surface area (Å²) < 4.78 is 5.28. The molecule has 0 bridgehead atoms. The van der Waals surface area contributed by atoms with E-state index in [0.29, 0.717) is 29.7 Å². The Hall–Kier alpha value is -2.66. The Morgan fingerprint density at radius 2 is 1.88 bits per heavy atom. The zero-order chi connectivity index (χ0) is 17.2. The van der Waals surface area contributed by atoms with Gasteiger partial charge in [0.1, 0.15) is 5.75 Å². The van der Waals surface area contributed by atoms with E-state index < -0.39 is 5.72 Å². The average Bonchev–Trinajstić information content (AvgIpc) is 3.00. The molecule has 0 aliphatic carbocycles. The second kappa shape index (κ2) is 6.45. The van der Waals surface area contributed by atoms with Crippen LogP contribution in [0.3, 0.4) is 0 Å². The van der Waals surface area contributed by atoms with E-state index >= 15 is 0 Å². The van der Waals surface area contributed by atoms with E-state index in [1.54, 1.807) is 36.4 Å². The number of carbonyl (C=O) groups excluding carboxylic acids is 1. The third-order valence-electron chi connectivity index (χ3n) is 4.22. The molecule has 5 heteroatoms. The topological polar surface area (TPSA) is 62.1 Å². The minimum Gasteiger partial charge on any atom is -0.496 e. The summed E-state index contributed by atoms with van der Waals surface area (Å²) in [6.45, 7) is 1.96. The summed E-state index contributed by atoms with van der Waals surface area (Å²) in [6, 6.07) is 16.1. The molecule has 1 heterocycles. The van der Waals surface area contributed by atoms with Crippen LogP contribution >= 0.6 is 0 Å². The fourth-order valence-electron chi connectivity index (χ4n) is 2.89. The molecule has 2 aromatic rings. The van der Waals surface area contributed by atoms with Gasteiger partial charge >= 0.3 is 0 Å². The van der Waals surface area contributed by atoms with E-state index in [1.165, 1.54) is 12.1 Å². The van der Waals surface area contributed by atoms with Gasteiger partial charge in [0.25, 0.3) is 5.91 Å². The van der Waals surface area contributed by atoms with Crippen LogP contribution in [0.15, 0.2) is 59.7 Å². The summed E-state index contributed by atoms with van der Waals surface area (Å²) in [5.41, 5.74) is 0.311. The van der Waals surface area contributed by atoms with Gasteiger partial charge in [0.2, 0.25) is 0 Å². The first-order chi connectivity index (χ1) is 11.6. The first-order valence-corrected chi connectivity index (χ1v) is 7.92. The molecule has 0 saturated heterocycles. The van der Waals surface area contributed by atoms with E-state index in [4.69, 9.17) is 4.74 Å². The molecule has 124 valence electrons. The number of amides is 1. The molecule has 3 rings (SSSR count). The molecule has 2 aromatic carbocycles. The third-order valence-corrected chi connectivity index (χ3v) is 4.22. The highest BCUT2D eigenvalue weighted by atomic mass is 16.5. The maximum absolute atomic E-state index is 13.1. The summed E-state index contributed by atoms with van der Waals surface area (Å²) in [5, 5.41) is 16.8. The van der Waals surface area contributed by atoms with Gasteiger partial charge in [0.05, 0.1) is 12.7 Å². The molecule has 1 aliphatic rings. The Kier molecular flexibility index (Phi) is 4.36. The zero-order valence-electron chi connectivity index (χ0n) is 13.8. The molecule has 1 unspecified atom stereocenters. The fourth-order valence-corrected chi connectivity index (χ4v) is 2.89. The first kappa shape index (κ1) is 16.2. The van der Waals surface area contributed by atoms with E-state index in [-0.39, 0.29) is 5.91 Å². The van der Waals surface area contributed by atoms with Crippen molar-refractivity contribution in [2.45, 2.75) is 25.5 Å². The highest BCUT2D eigenvalue weighted by Gasteiger charge is 2.46. The van der Waals surface area contributed by atoms with Crippen molar-refractivity contribution in [2.75, 3.05) is 7.11 Å². The summed E-state index contributed by atoms with van der Waals surface area (Å²) in [7, 11) is 1.51. The Labute approximate surface area is 141 Å². The number of nitrogens with zero attached hydrogens (tertiary/aromatic N) is 2. The Morgan fingerprint density at radius 3 is 2.54 bits per heavy atom. The molecule has 24 heavy (non-hydrogen) atoms. The van der Waals surface area contributed by atoms with Gasteiger partial charge in [-0.1, -0.05) is 49.4 Å². The minimum atomic E-state index is -1.48. The number of hydrazone groups is 1. The van der Waals surface area contributed by atoms with Crippen LogP contribution in [0.5, 0.6) is 5.75 Å². The van der Waals surface area contributed by atoms with Crippen molar-refractivity contribution in [3.8, 4) is 5.75 Å². The molecule has 1 amide bonds. The lowest BCUT2D eigenvalue weighted by Gasteiger charge is -2.31. The zero-order valence-corrected chi connectivity index (χ0v) is 13.8. The minimum absolute atomic E-state index is 0.300. The fraction of sp³-hybridized carbons (Fsp3) is 0.263. The molecule has 1 atom stereocenters. The molecular weight excluding hydrogens is 304 g/mol. The van der Waals surface area contributed by atoms with Crippen LogP contribution in [0.25, 0.3) is 0 Å². The number of hydrogen-bond donors (Lipinski definition) is 1. The number of carbonyl (C=O) groups is 1. The normalized spacial score (nSPS) is 20.0. The van der Waals surface area contributed by atoms with Crippen LogP contribution in [0.1, 0.15) is 35.7 Å². The SMILES string of the molecule is CCC1=NN(C(=O)c2ccccc2OC)C(O)(c2ccccc2)C1. The Balaban J connectivity index is 2.05. The van der Waals surface area contributed by atoms with Gasteiger partial charge in [0, 0.05) is 17.7 Å². The van der Waals surface area contributed by atoms with E-state index in [2.05, 4.69) is 5.10 Å². The maximum atomic E-state index is 13.1. The van der Waals surface area contributed by atoms with Crippen molar-refractivity contribution >= 4 is 11.6 Å². The van der Waals surface area contributed by atoms with E-state index in [1.807, 2.05) is 25.1 Å². The highest BCUT2D eigenvalue weighted by molar-refractivity contribution is 6.00. The van der Waals surface area contributed by atoms with Crippen molar-refractivity contribution in [1.29, 1.82) is 0 Å². The summed E-state index contributed by atoms with van der Waals surface area (Å²) in [5.74, 6) is 0.0697. The van der Waals surface area contributed by atoms with Crippen LogP contribution in [0, 0.1) is 0 Å².